The highest BCUT2D eigenvalue weighted by molar-refractivity contribution is 5.20. The first kappa shape index (κ1) is 17.1. The minimum absolute atomic E-state index is 0.0127. The first-order chi connectivity index (χ1) is 9.36. The van der Waals surface area contributed by atoms with Crippen LogP contribution in [0.1, 0.15) is 26.3 Å². The molecule has 0 heterocycles. The van der Waals surface area contributed by atoms with Crippen LogP contribution in [0.5, 0.6) is 0 Å². The molecule has 4 heteroatoms. The Morgan fingerprint density at radius 1 is 1.25 bits per heavy atom. The SMILES string of the molecule is COCCNCC(Cc1cccc(F)c1F)C(C)(C)C. The fraction of sp³-hybridized carbons (Fsp3) is 0.625. The van der Waals surface area contributed by atoms with E-state index in [0.29, 0.717) is 18.6 Å². The molecule has 1 atom stereocenters. The maximum absolute atomic E-state index is 13.8. The lowest BCUT2D eigenvalue weighted by Crippen LogP contribution is -2.35. The summed E-state index contributed by atoms with van der Waals surface area (Å²) in [5, 5.41) is 3.31. The van der Waals surface area contributed by atoms with E-state index in [1.165, 1.54) is 0 Å². The van der Waals surface area contributed by atoms with E-state index in [9.17, 15) is 8.78 Å². The van der Waals surface area contributed by atoms with Crippen LogP contribution in [0, 0.1) is 23.0 Å². The second kappa shape index (κ2) is 7.70. The van der Waals surface area contributed by atoms with Gasteiger partial charge in [0.1, 0.15) is 0 Å². The standard InChI is InChI=1S/C16H25F2NO/c1-16(2,3)13(11-19-8-9-20-4)10-12-6-5-7-14(17)15(12)18/h5-7,13,19H,8-11H2,1-4H3. The van der Waals surface area contributed by atoms with Gasteiger partial charge in [-0.15, -0.1) is 0 Å². The average molecular weight is 285 g/mol. The molecular formula is C16H25F2NO. The molecule has 20 heavy (non-hydrogen) atoms. The maximum Gasteiger partial charge on any atom is 0.162 e. The van der Waals surface area contributed by atoms with Crippen LogP contribution in [0.4, 0.5) is 8.78 Å². The zero-order chi connectivity index (χ0) is 15.2. The van der Waals surface area contributed by atoms with Gasteiger partial charge in [0, 0.05) is 13.7 Å². The lowest BCUT2D eigenvalue weighted by atomic mass is 9.77. The molecule has 0 spiro atoms. The van der Waals surface area contributed by atoms with Crippen LogP contribution in [0.3, 0.4) is 0 Å². The van der Waals surface area contributed by atoms with Gasteiger partial charge in [0.05, 0.1) is 6.61 Å². The molecule has 1 aromatic carbocycles. The smallest absolute Gasteiger partial charge is 0.162 e. The largest absolute Gasteiger partial charge is 0.383 e. The summed E-state index contributed by atoms with van der Waals surface area (Å²) >= 11 is 0. The van der Waals surface area contributed by atoms with E-state index in [1.54, 1.807) is 19.2 Å². The Balaban J connectivity index is 2.72. The van der Waals surface area contributed by atoms with Crippen LogP contribution in [-0.2, 0) is 11.2 Å². The summed E-state index contributed by atoms with van der Waals surface area (Å²) in [4.78, 5) is 0. The minimum Gasteiger partial charge on any atom is -0.383 e. The zero-order valence-electron chi connectivity index (χ0n) is 12.8. The van der Waals surface area contributed by atoms with Gasteiger partial charge in [0.15, 0.2) is 11.6 Å². The third-order valence-corrected chi connectivity index (χ3v) is 3.60. The molecule has 0 aliphatic carbocycles. The third kappa shape index (κ3) is 5.17. The Bertz CT molecular complexity index is 415. The van der Waals surface area contributed by atoms with E-state index >= 15 is 0 Å². The number of hydrogen-bond acceptors (Lipinski definition) is 2. The average Bonchev–Trinajstić information content (AvgIpc) is 2.36. The molecular weight excluding hydrogens is 260 g/mol. The van der Waals surface area contributed by atoms with Crippen LogP contribution in [0.25, 0.3) is 0 Å². The topological polar surface area (TPSA) is 21.3 Å². The summed E-state index contributed by atoms with van der Waals surface area (Å²) in [6.45, 7) is 8.51. The van der Waals surface area contributed by atoms with Crippen LogP contribution in [0.2, 0.25) is 0 Å². The van der Waals surface area contributed by atoms with Crippen molar-refractivity contribution in [3.63, 3.8) is 0 Å². The normalized spacial score (nSPS) is 13.5. The monoisotopic (exact) mass is 285 g/mol. The fourth-order valence-corrected chi connectivity index (χ4v) is 2.11. The molecule has 0 aliphatic heterocycles. The van der Waals surface area contributed by atoms with Gasteiger partial charge >= 0.3 is 0 Å². The van der Waals surface area contributed by atoms with Crippen LogP contribution < -0.4 is 5.32 Å². The van der Waals surface area contributed by atoms with Crippen molar-refractivity contribution in [2.45, 2.75) is 27.2 Å². The summed E-state index contributed by atoms with van der Waals surface area (Å²) in [5.41, 5.74) is 0.456. The number of halogens is 2. The van der Waals surface area contributed by atoms with Gasteiger partial charge in [-0.2, -0.15) is 0 Å². The van der Waals surface area contributed by atoms with Gasteiger partial charge in [-0.25, -0.2) is 8.78 Å². The van der Waals surface area contributed by atoms with Gasteiger partial charge in [0.2, 0.25) is 0 Å². The van der Waals surface area contributed by atoms with E-state index in [0.717, 1.165) is 19.2 Å². The number of methoxy groups -OCH3 is 1. The summed E-state index contributed by atoms with van der Waals surface area (Å²) < 4.78 is 32.0. The Labute approximate surface area is 120 Å². The van der Waals surface area contributed by atoms with Crippen molar-refractivity contribution in [3.8, 4) is 0 Å². The molecule has 1 rings (SSSR count). The first-order valence-corrected chi connectivity index (χ1v) is 6.98. The van der Waals surface area contributed by atoms with Crippen molar-refractivity contribution in [2.24, 2.45) is 11.3 Å². The van der Waals surface area contributed by atoms with E-state index in [-0.39, 0.29) is 11.3 Å². The molecule has 1 N–H and O–H groups in total. The van der Waals surface area contributed by atoms with E-state index in [1.807, 2.05) is 0 Å². The van der Waals surface area contributed by atoms with E-state index in [4.69, 9.17) is 4.74 Å². The van der Waals surface area contributed by atoms with E-state index < -0.39 is 11.6 Å². The molecule has 114 valence electrons. The number of nitrogens with one attached hydrogen (secondary N) is 1. The fourth-order valence-electron chi connectivity index (χ4n) is 2.11. The lowest BCUT2D eigenvalue weighted by molar-refractivity contribution is 0.186. The molecule has 0 aliphatic rings. The van der Waals surface area contributed by atoms with Crippen molar-refractivity contribution in [2.75, 3.05) is 26.8 Å². The number of rotatable bonds is 7. The second-order valence-corrected chi connectivity index (χ2v) is 6.18. The first-order valence-electron chi connectivity index (χ1n) is 6.98. The van der Waals surface area contributed by atoms with Gasteiger partial charge < -0.3 is 10.1 Å². The van der Waals surface area contributed by atoms with Crippen LogP contribution in [-0.4, -0.2) is 26.8 Å². The Morgan fingerprint density at radius 3 is 2.55 bits per heavy atom. The highest BCUT2D eigenvalue weighted by Gasteiger charge is 2.25. The van der Waals surface area contributed by atoms with Crippen molar-refractivity contribution in [3.05, 3.63) is 35.4 Å². The molecule has 0 bridgehead atoms. The molecule has 2 nitrogen and oxygen atoms in total. The van der Waals surface area contributed by atoms with Crippen LogP contribution in [0.15, 0.2) is 18.2 Å². The summed E-state index contributed by atoms with van der Waals surface area (Å²) in [6, 6.07) is 4.37. The molecule has 0 saturated heterocycles. The molecule has 0 saturated carbocycles. The number of ether oxygens (including phenoxy) is 1. The molecule has 0 radical (unpaired) electrons. The Morgan fingerprint density at radius 2 is 1.95 bits per heavy atom. The van der Waals surface area contributed by atoms with Gasteiger partial charge in [-0.3, -0.25) is 0 Å². The minimum atomic E-state index is -0.775. The summed E-state index contributed by atoms with van der Waals surface area (Å²) in [6.07, 6.45) is 0.521. The second-order valence-electron chi connectivity index (χ2n) is 6.18. The predicted octanol–water partition coefficient (Wildman–Crippen LogP) is 3.41. The molecule has 0 amide bonds. The number of hydrogen-bond donors (Lipinski definition) is 1. The van der Waals surface area contributed by atoms with E-state index in [2.05, 4.69) is 26.1 Å². The highest BCUT2D eigenvalue weighted by Crippen LogP contribution is 2.29. The lowest BCUT2D eigenvalue weighted by Gasteiger charge is -2.31. The quantitative estimate of drug-likeness (QED) is 0.775. The van der Waals surface area contributed by atoms with Crippen LogP contribution >= 0.6 is 0 Å². The molecule has 1 aromatic rings. The summed E-state index contributed by atoms with van der Waals surface area (Å²) in [5.74, 6) is -1.28. The number of benzene rings is 1. The maximum atomic E-state index is 13.8. The van der Waals surface area contributed by atoms with Crippen molar-refractivity contribution in [1.29, 1.82) is 0 Å². The summed E-state index contributed by atoms with van der Waals surface area (Å²) in [7, 11) is 1.66. The van der Waals surface area contributed by atoms with Gasteiger partial charge in [-0.05, 0) is 35.9 Å². The Kier molecular flexibility index (Phi) is 6.56. The molecule has 1 unspecified atom stereocenters. The Hall–Kier alpha value is -1.00. The van der Waals surface area contributed by atoms with Crippen molar-refractivity contribution >= 4 is 0 Å². The van der Waals surface area contributed by atoms with Gasteiger partial charge in [0.25, 0.3) is 0 Å². The predicted molar refractivity (Wildman–Crippen MR) is 77.8 cm³/mol. The van der Waals surface area contributed by atoms with Crippen molar-refractivity contribution in [1.82, 2.24) is 5.32 Å². The molecule has 0 fully saturated rings. The molecule has 0 aromatic heterocycles. The van der Waals surface area contributed by atoms with Gasteiger partial charge in [-0.1, -0.05) is 32.9 Å². The third-order valence-electron chi connectivity index (χ3n) is 3.60. The van der Waals surface area contributed by atoms with Crippen molar-refractivity contribution < 1.29 is 13.5 Å². The zero-order valence-corrected chi connectivity index (χ0v) is 12.8. The highest BCUT2D eigenvalue weighted by atomic mass is 19.2.